The van der Waals surface area contributed by atoms with Crippen LogP contribution in [0.2, 0.25) is 5.02 Å². The Morgan fingerprint density at radius 3 is 2.67 bits per heavy atom. The maximum atomic E-state index is 6.40. The average Bonchev–Trinajstić information content (AvgIpc) is 2.55. The van der Waals surface area contributed by atoms with Gasteiger partial charge in [0.1, 0.15) is 5.75 Å². The number of nitrogens with two attached hydrogens (primary N) is 1. The molecule has 24 heavy (non-hydrogen) atoms. The largest absolute Gasteiger partial charge is 0.497 e. The van der Waals surface area contributed by atoms with Crippen molar-refractivity contribution in [1.82, 2.24) is 9.88 Å². The average molecular weight is 393 g/mol. The van der Waals surface area contributed by atoms with Crippen molar-refractivity contribution in [2.24, 2.45) is 5.73 Å². The van der Waals surface area contributed by atoms with Crippen molar-refractivity contribution in [3.8, 4) is 5.75 Å². The number of nitrogens with zero attached hydrogens (tertiary/aromatic N) is 2. The van der Waals surface area contributed by atoms with Crippen LogP contribution in [0.1, 0.15) is 18.4 Å². The molecule has 0 amide bonds. The van der Waals surface area contributed by atoms with Gasteiger partial charge in [-0.1, -0.05) is 11.6 Å². The van der Waals surface area contributed by atoms with E-state index >= 15 is 0 Å². The summed E-state index contributed by atoms with van der Waals surface area (Å²) in [4.78, 5) is 6.87. The number of methoxy groups -OCH3 is 1. The third kappa shape index (κ3) is 4.87. The van der Waals surface area contributed by atoms with Gasteiger partial charge in [0.2, 0.25) is 0 Å². The molecule has 2 aromatic rings. The molecule has 0 saturated carbocycles. The van der Waals surface area contributed by atoms with Gasteiger partial charge in [-0.25, -0.2) is 0 Å². The predicted octanol–water partition coefficient (Wildman–Crippen LogP) is 3.71. The third-order valence-electron chi connectivity index (χ3n) is 4.44. The molecule has 0 aliphatic carbocycles. The van der Waals surface area contributed by atoms with Crippen LogP contribution < -0.4 is 10.5 Å². The first-order valence-electron chi connectivity index (χ1n) is 7.76. The van der Waals surface area contributed by atoms with E-state index in [0.29, 0.717) is 6.04 Å². The van der Waals surface area contributed by atoms with E-state index in [1.807, 2.05) is 18.2 Å². The van der Waals surface area contributed by atoms with Gasteiger partial charge in [0.15, 0.2) is 0 Å². The molecule has 134 valence electrons. The summed E-state index contributed by atoms with van der Waals surface area (Å²) in [5.74, 6) is 0.835. The lowest BCUT2D eigenvalue weighted by Crippen LogP contribution is -2.40. The molecule has 3 rings (SSSR count). The summed E-state index contributed by atoms with van der Waals surface area (Å²) < 4.78 is 5.33. The van der Waals surface area contributed by atoms with Crippen molar-refractivity contribution >= 4 is 47.3 Å². The molecule has 0 bridgehead atoms. The molecule has 1 aromatic heterocycles. The van der Waals surface area contributed by atoms with Gasteiger partial charge in [0.05, 0.1) is 17.6 Å². The van der Waals surface area contributed by atoms with Crippen molar-refractivity contribution < 1.29 is 4.74 Å². The van der Waals surface area contributed by atoms with E-state index in [1.54, 1.807) is 13.3 Å². The van der Waals surface area contributed by atoms with E-state index in [0.717, 1.165) is 66.1 Å². The Morgan fingerprint density at radius 2 is 2.00 bits per heavy atom. The Balaban J connectivity index is 0.00000144. The predicted molar refractivity (Wildman–Crippen MR) is 105 cm³/mol. The number of hydrogen-bond donors (Lipinski definition) is 1. The fraction of sp³-hybridized carbons (Fsp3) is 0.471. The molecule has 1 aliphatic heterocycles. The molecule has 1 fully saturated rings. The number of pyridine rings is 1. The number of ether oxygens (including phenoxy) is 1. The van der Waals surface area contributed by atoms with Crippen LogP contribution in [-0.4, -0.2) is 42.7 Å². The summed E-state index contributed by atoms with van der Waals surface area (Å²) >= 11 is 6.40. The van der Waals surface area contributed by atoms with E-state index in [9.17, 15) is 0 Å². The number of aromatic nitrogens is 1. The molecule has 2 heterocycles. The van der Waals surface area contributed by atoms with E-state index in [4.69, 9.17) is 22.1 Å². The zero-order valence-electron chi connectivity index (χ0n) is 13.7. The van der Waals surface area contributed by atoms with E-state index < -0.39 is 0 Å². The highest BCUT2D eigenvalue weighted by atomic mass is 35.5. The minimum Gasteiger partial charge on any atom is -0.497 e. The number of piperidine rings is 1. The lowest BCUT2D eigenvalue weighted by Gasteiger charge is -2.30. The second kappa shape index (κ2) is 9.64. The van der Waals surface area contributed by atoms with Crippen molar-refractivity contribution in [2.45, 2.75) is 25.3 Å². The Bertz CT molecular complexity index is 661. The van der Waals surface area contributed by atoms with E-state index in [-0.39, 0.29) is 24.8 Å². The summed E-state index contributed by atoms with van der Waals surface area (Å²) in [6, 6.07) is 6.30. The lowest BCUT2D eigenvalue weighted by molar-refractivity contribution is 0.216. The summed E-state index contributed by atoms with van der Waals surface area (Å²) in [6.07, 6.45) is 4.83. The molecule has 0 spiro atoms. The van der Waals surface area contributed by atoms with Gasteiger partial charge in [0, 0.05) is 24.2 Å². The fourth-order valence-electron chi connectivity index (χ4n) is 3.03. The van der Waals surface area contributed by atoms with Crippen molar-refractivity contribution in [1.29, 1.82) is 0 Å². The first kappa shape index (κ1) is 21.3. The van der Waals surface area contributed by atoms with Gasteiger partial charge in [0.25, 0.3) is 0 Å². The topological polar surface area (TPSA) is 51.4 Å². The van der Waals surface area contributed by atoms with E-state index in [1.165, 1.54) is 0 Å². The molecule has 0 radical (unpaired) electrons. The Hall–Kier alpha value is -0.780. The van der Waals surface area contributed by atoms with E-state index in [2.05, 4.69) is 9.88 Å². The van der Waals surface area contributed by atoms with Crippen LogP contribution in [0.4, 0.5) is 0 Å². The van der Waals surface area contributed by atoms with Crippen molar-refractivity contribution in [3.63, 3.8) is 0 Å². The summed E-state index contributed by atoms with van der Waals surface area (Å²) in [5.41, 5.74) is 8.08. The third-order valence-corrected chi connectivity index (χ3v) is 4.77. The zero-order valence-corrected chi connectivity index (χ0v) is 16.1. The first-order valence-corrected chi connectivity index (χ1v) is 8.14. The lowest BCUT2D eigenvalue weighted by atomic mass is 10.0. The summed E-state index contributed by atoms with van der Waals surface area (Å²) in [7, 11) is 1.68. The molecule has 4 nitrogen and oxygen atoms in total. The SMILES string of the molecule is COc1ccc2ncc(Cl)c(CCN3CCC(N)CC3)c2c1.Cl.Cl. The minimum absolute atomic E-state index is 0. The molecular weight excluding hydrogens is 369 g/mol. The molecular formula is C17H24Cl3N3O. The minimum atomic E-state index is 0. The summed E-state index contributed by atoms with van der Waals surface area (Å²) in [5, 5.41) is 1.81. The maximum Gasteiger partial charge on any atom is 0.119 e. The van der Waals surface area contributed by atoms with Gasteiger partial charge >= 0.3 is 0 Å². The van der Waals surface area contributed by atoms with Crippen LogP contribution in [0, 0.1) is 0 Å². The first-order chi connectivity index (χ1) is 10.7. The second-order valence-corrected chi connectivity index (χ2v) is 6.30. The van der Waals surface area contributed by atoms with Gasteiger partial charge in [-0.3, -0.25) is 4.98 Å². The van der Waals surface area contributed by atoms with Crippen LogP contribution >= 0.6 is 36.4 Å². The smallest absolute Gasteiger partial charge is 0.119 e. The quantitative estimate of drug-likeness (QED) is 0.862. The van der Waals surface area contributed by atoms with Gasteiger partial charge in [-0.05, 0) is 56.1 Å². The van der Waals surface area contributed by atoms with Crippen LogP contribution in [0.25, 0.3) is 10.9 Å². The fourth-order valence-corrected chi connectivity index (χ4v) is 3.27. The number of benzene rings is 1. The standard InChI is InChI=1S/C17H22ClN3O.2ClH/c1-22-13-2-3-17-15(10-13)14(16(18)11-20-17)6-9-21-7-4-12(19)5-8-21;;/h2-3,10-12H,4-9,19H2,1H3;2*1H. The maximum absolute atomic E-state index is 6.40. The Kier molecular flexibility index (Phi) is 8.54. The van der Waals surface area contributed by atoms with Gasteiger partial charge < -0.3 is 15.4 Å². The molecule has 7 heteroatoms. The van der Waals surface area contributed by atoms with Crippen molar-refractivity contribution in [3.05, 3.63) is 35.0 Å². The number of likely N-dealkylation sites (tertiary alicyclic amines) is 1. The molecule has 1 saturated heterocycles. The van der Waals surface area contributed by atoms with Crippen LogP contribution in [0.3, 0.4) is 0 Å². The normalized spacial score (nSPS) is 15.6. The van der Waals surface area contributed by atoms with Crippen LogP contribution in [0.5, 0.6) is 5.75 Å². The van der Waals surface area contributed by atoms with Gasteiger partial charge in [-0.2, -0.15) is 0 Å². The Labute approximate surface area is 160 Å². The molecule has 0 unspecified atom stereocenters. The molecule has 2 N–H and O–H groups in total. The van der Waals surface area contributed by atoms with Crippen LogP contribution in [-0.2, 0) is 6.42 Å². The number of halogens is 3. The number of hydrogen-bond acceptors (Lipinski definition) is 4. The number of fused-ring (bicyclic) bond motifs is 1. The zero-order chi connectivity index (χ0) is 15.5. The highest BCUT2D eigenvalue weighted by Crippen LogP contribution is 2.28. The molecule has 1 aromatic carbocycles. The van der Waals surface area contributed by atoms with Gasteiger partial charge in [-0.15, -0.1) is 24.8 Å². The second-order valence-electron chi connectivity index (χ2n) is 5.90. The Morgan fingerprint density at radius 1 is 1.29 bits per heavy atom. The monoisotopic (exact) mass is 391 g/mol. The van der Waals surface area contributed by atoms with Crippen LogP contribution in [0.15, 0.2) is 24.4 Å². The summed E-state index contributed by atoms with van der Waals surface area (Å²) in [6.45, 7) is 3.15. The highest BCUT2D eigenvalue weighted by molar-refractivity contribution is 6.32. The molecule has 1 aliphatic rings. The van der Waals surface area contributed by atoms with Crippen molar-refractivity contribution in [2.75, 3.05) is 26.7 Å². The number of rotatable bonds is 4. The molecule has 0 atom stereocenters. The highest BCUT2D eigenvalue weighted by Gasteiger charge is 2.17.